The van der Waals surface area contributed by atoms with Gasteiger partial charge in [-0.15, -0.1) is 11.3 Å². The lowest BCUT2D eigenvalue weighted by molar-refractivity contribution is 0.0915. The van der Waals surface area contributed by atoms with Crippen LogP contribution in [0.4, 0.5) is 0 Å². The second-order valence-corrected chi connectivity index (χ2v) is 8.14. The second kappa shape index (κ2) is 8.55. The first-order chi connectivity index (χ1) is 14.0. The third-order valence-corrected chi connectivity index (χ3v) is 5.79. The van der Waals surface area contributed by atoms with Crippen molar-refractivity contribution in [3.8, 4) is 16.9 Å². The summed E-state index contributed by atoms with van der Waals surface area (Å²) in [5.74, 6) is 0.417. The van der Waals surface area contributed by atoms with Crippen LogP contribution in [-0.4, -0.2) is 27.4 Å². The van der Waals surface area contributed by atoms with Crippen LogP contribution in [0.3, 0.4) is 0 Å². The number of hydrogen-bond donors (Lipinski definition) is 1. The average Bonchev–Trinajstić information content (AvgIpc) is 3.15. The molecule has 2 aromatic carbocycles. The molecule has 5 nitrogen and oxygen atoms in total. The summed E-state index contributed by atoms with van der Waals surface area (Å²) in [6.45, 7) is 0.0259. The topological polar surface area (TPSA) is 64.4 Å². The van der Waals surface area contributed by atoms with E-state index >= 15 is 0 Å². The Morgan fingerprint density at radius 1 is 1.17 bits per heavy atom. The molecule has 2 aromatic heterocycles. The highest BCUT2D eigenvalue weighted by atomic mass is 35.5. The Balaban J connectivity index is 1.55. The molecule has 0 aliphatic heterocycles. The number of fused-ring (bicyclic) bond motifs is 1. The van der Waals surface area contributed by atoms with Crippen molar-refractivity contribution in [1.29, 1.82) is 0 Å². The normalized spacial score (nSPS) is 12.2. The van der Waals surface area contributed by atoms with Crippen LogP contribution >= 0.6 is 34.5 Å². The maximum absolute atomic E-state index is 13.0. The summed E-state index contributed by atoms with van der Waals surface area (Å²) in [5.41, 5.74) is 1.60. The van der Waals surface area contributed by atoms with Gasteiger partial charge in [0.2, 0.25) is 0 Å². The third-order valence-electron chi connectivity index (χ3n) is 4.38. The second-order valence-electron chi connectivity index (χ2n) is 6.44. The molecule has 0 aliphatic carbocycles. The van der Waals surface area contributed by atoms with Gasteiger partial charge in [0.1, 0.15) is 23.3 Å². The van der Waals surface area contributed by atoms with Gasteiger partial charge in [0, 0.05) is 16.0 Å². The number of hydrogen-bond acceptors (Lipinski definition) is 5. The van der Waals surface area contributed by atoms with Gasteiger partial charge in [-0.1, -0.05) is 53.5 Å². The number of ether oxygens (including phenoxy) is 1. The van der Waals surface area contributed by atoms with Gasteiger partial charge in [-0.05, 0) is 23.8 Å². The summed E-state index contributed by atoms with van der Waals surface area (Å²) < 4.78 is 6.96. The Hall–Kier alpha value is -2.38. The van der Waals surface area contributed by atoms with Gasteiger partial charge < -0.3 is 9.84 Å². The number of nitrogens with zero attached hydrogens (tertiary/aromatic N) is 2. The van der Waals surface area contributed by atoms with E-state index in [2.05, 4.69) is 4.98 Å². The first-order valence-electron chi connectivity index (χ1n) is 8.81. The minimum Gasteiger partial charge on any atom is -0.489 e. The highest BCUT2D eigenvalue weighted by molar-refractivity contribution is 7.17. The van der Waals surface area contributed by atoms with E-state index in [9.17, 15) is 9.90 Å². The van der Waals surface area contributed by atoms with Crippen LogP contribution in [-0.2, 0) is 6.54 Å². The van der Waals surface area contributed by atoms with E-state index < -0.39 is 6.10 Å². The molecule has 0 aliphatic rings. The molecule has 0 fully saturated rings. The fourth-order valence-corrected chi connectivity index (χ4v) is 4.36. The molecule has 1 unspecified atom stereocenters. The van der Waals surface area contributed by atoms with E-state index in [-0.39, 0.29) is 18.7 Å². The number of rotatable bonds is 6. The molecule has 0 saturated heterocycles. The number of aliphatic hydroxyl groups is 1. The summed E-state index contributed by atoms with van der Waals surface area (Å²) in [5, 5.41) is 13.7. The highest BCUT2D eigenvalue weighted by Gasteiger charge is 2.15. The predicted molar refractivity (Wildman–Crippen MR) is 117 cm³/mol. The fraction of sp³-hybridized carbons (Fsp3) is 0.143. The SMILES string of the molecule is O=c1c2c(-c3ccccc3)csc2ncn1CC(O)COc1ccc(Cl)cc1Cl. The van der Waals surface area contributed by atoms with Crippen LogP contribution in [0.15, 0.2) is 65.0 Å². The molecule has 1 atom stereocenters. The van der Waals surface area contributed by atoms with Crippen molar-refractivity contribution >= 4 is 44.8 Å². The van der Waals surface area contributed by atoms with E-state index in [4.69, 9.17) is 27.9 Å². The molecule has 0 radical (unpaired) electrons. The van der Waals surface area contributed by atoms with E-state index in [0.717, 1.165) is 11.1 Å². The Morgan fingerprint density at radius 2 is 1.97 bits per heavy atom. The molecule has 8 heteroatoms. The predicted octanol–water partition coefficient (Wildman–Crippen LogP) is 4.87. The number of benzene rings is 2. The van der Waals surface area contributed by atoms with Crippen molar-refractivity contribution in [2.75, 3.05) is 6.61 Å². The van der Waals surface area contributed by atoms with Crippen LogP contribution in [0, 0.1) is 0 Å². The summed E-state index contributed by atoms with van der Waals surface area (Å²) in [4.78, 5) is 18.1. The molecule has 4 aromatic rings. The largest absolute Gasteiger partial charge is 0.489 e. The van der Waals surface area contributed by atoms with E-state index in [1.807, 2.05) is 35.7 Å². The zero-order chi connectivity index (χ0) is 20.4. The number of thiophene rings is 1. The van der Waals surface area contributed by atoms with E-state index in [0.29, 0.717) is 26.0 Å². The summed E-state index contributed by atoms with van der Waals surface area (Å²) in [6, 6.07) is 14.5. The first kappa shape index (κ1) is 19.9. The minimum absolute atomic E-state index is 0.0268. The number of aromatic nitrogens is 2. The molecule has 4 rings (SSSR count). The van der Waals surface area contributed by atoms with Gasteiger partial charge in [0.05, 0.1) is 23.3 Å². The smallest absolute Gasteiger partial charge is 0.262 e. The van der Waals surface area contributed by atoms with Gasteiger partial charge >= 0.3 is 0 Å². The zero-order valence-electron chi connectivity index (χ0n) is 15.1. The molecular weight excluding hydrogens is 431 g/mol. The zero-order valence-corrected chi connectivity index (χ0v) is 17.4. The molecule has 1 N–H and O–H groups in total. The van der Waals surface area contributed by atoms with Crippen LogP contribution in [0.5, 0.6) is 5.75 Å². The Bertz CT molecular complexity index is 1210. The highest BCUT2D eigenvalue weighted by Crippen LogP contribution is 2.30. The van der Waals surface area contributed by atoms with Crippen molar-refractivity contribution in [1.82, 2.24) is 9.55 Å². The lowest BCUT2D eigenvalue weighted by atomic mass is 10.1. The van der Waals surface area contributed by atoms with Crippen LogP contribution < -0.4 is 10.3 Å². The van der Waals surface area contributed by atoms with Crippen molar-refractivity contribution in [2.24, 2.45) is 0 Å². The lowest BCUT2D eigenvalue weighted by Gasteiger charge is -2.14. The molecule has 0 spiro atoms. The van der Waals surface area contributed by atoms with Crippen LogP contribution in [0.2, 0.25) is 10.0 Å². The quantitative estimate of drug-likeness (QED) is 0.458. The van der Waals surface area contributed by atoms with Gasteiger partial charge in [-0.25, -0.2) is 4.98 Å². The molecule has 0 bridgehead atoms. The molecular formula is C21H16Cl2N2O3S. The molecule has 29 heavy (non-hydrogen) atoms. The number of aliphatic hydroxyl groups excluding tert-OH is 1. The summed E-state index contributed by atoms with van der Waals surface area (Å²) >= 11 is 13.4. The Labute approximate surface area is 180 Å². The van der Waals surface area contributed by atoms with E-state index in [1.165, 1.54) is 22.2 Å². The maximum atomic E-state index is 13.0. The monoisotopic (exact) mass is 446 g/mol. The van der Waals surface area contributed by atoms with Crippen molar-refractivity contribution in [3.63, 3.8) is 0 Å². The minimum atomic E-state index is -0.919. The van der Waals surface area contributed by atoms with Gasteiger partial charge in [0.15, 0.2) is 0 Å². The van der Waals surface area contributed by atoms with Gasteiger partial charge in [-0.2, -0.15) is 0 Å². The first-order valence-corrected chi connectivity index (χ1v) is 10.4. The lowest BCUT2D eigenvalue weighted by Crippen LogP contribution is -2.30. The molecule has 0 saturated carbocycles. The van der Waals surface area contributed by atoms with Gasteiger partial charge in [0.25, 0.3) is 5.56 Å². The average molecular weight is 447 g/mol. The van der Waals surface area contributed by atoms with Crippen molar-refractivity contribution in [3.05, 3.63) is 80.6 Å². The van der Waals surface area contributed by atoms with Crippen LogP contribution in [0.25, 0.3) is 21.3 Å². The molecule has 2 heterocycles. The third kappa shape index (κ3) is 4.31. The fourth-order valence-electron chi connectivity index (χ4n) is 2.99. The van der Waals surface area contributed by atoms with Crippen molar-refractivity contribution < 1.29 is 9.84 Å². The Morgan fingerprint density at radius 3 is 2.72 bits per heavy atom. The maximum Gasteiger partial charge on any atom is 0.262 e. The van der Waals surface area contributed by atoms with Gasteiger partial charge in [-0.3, -0.25) is 9.36 Å². The van der Waals surface area contributed by atoms with Crippen LogP contribution in [0.1, 0.15) is 0 Å². The summed E-state index contributed by atoms with van der Waals surface area (Å²) in [7, 11) is 0. The standard InChI is InChI=1S/C21H16Cl2N2O3S/c22-14-6-7-18(17(23)8-14)28-10-15(26)9-25-12-24-20-19(21(25)27)16(11-29-20)13-4-2-1-3-5-13/h1-8,11-12,15,26H,9-10H2. The number of halogens is 2. The van der Waals surface area contributed by atoms with E-state index in [1.54, 1.807) is 18.2 Å². The van der Waals surface area contributed by atoms with Crippen molar-refractivity contribution in [2.45, 2.75) is 12.6 Å². The Kier molecular flexibility index (Phi) is 5.87. The molecule has 148 valence electrons. The molecule has 0 amide bonds. The summed E-state index contributed by atoms with van der Waals surface area (Å²) in [6.07, 6.45) is 0.534.